The molecule has 0 radical (unpaired) electrons. The van der Waals surface area contributed by atoms with E-state index in [0.29, 0.717) is 17.5 Å². The number of fused-ring (bicyclic) bond motifs is 1. The van der Waals surface area contributed by atoms with E-state index in [2.05, 4.69) is 4.98 Å². The average Bonchev–Trinajstić information content (AvgIpc) is 2.34. The molecule has 1 amide bonds. The molecule has 1 aromatic heterocycles. The van der Waals surface area contributed by atoms with Crippen molar-refractivity contribution in [2.45, 2.75) is 13.5 Å². The lowest BCUT2D eigenvalue weighted by molar-refractivity contribution is -0.118. The molecular weight excluding hydrogens is 234 g/mol. The molecule has 6 heteroatoms. The summed E-state index contributed by atoms with van der Waals surface area (Å²) in [5, 5.41) is 0.433. The molecule has 1 aromatic carbocycles. The number of hydrogen-bond acceptors (Lipinski definition) is 4. The zero-order valence-electron chi connectivity index (χ0n) is 9.92. The van der Waals surface area contributed by atoms with Crippen molar-refractivity contribution in [3.8, 4) is 6.01 Å². The first-order chi connectivity index (χ1) is 8.63. The number of primary amides is 1. The van der Waals surface area contributed by atoms with Gasteiger partial charge in [0.25, 0.3) is 11.6 Å². The number of rotatable bonds is 4. The van der Waals surface area contributed by atoms with E-state index in [9.17, 15) is 9.59 Å². The Morgan fingerprint density at radius 1 is 1.44 bits per heavy atom. The molecule has 0 aliphatic heterocycles. The second-order valence-corrected chi connectivity index (χ2v) is 3.70. The molecule has 1 heterocycles. The number of para-hydroxylation sites is 1. The molecule has 2 aromatic rings. The number of aromatic nitrogens is 2. The number of amides is 1. The second kappa shape index (κ2) is 4.87. The van der Waals surface area contributed by atoms with Crippen molar-refractivity contribution in [2.75, 3.05) is 6.61 Å². The van der Waals surface area contributed by atoms with E-state index in [-0.39, 0.29) is 18.1 Å². The highest BCUT2D eigenvalue weighted by Gasteiger charge is 2.13. The molecule has 2 rings (SSSR count). The molecule has 6 nitrogen and oxygen atoms in total. The number of carbonyl (C=O) groups is 1. The standard InChI is InChI=1S/C12H13N3O3/c1-2-18-12-14-9-6-4-3-5-8(9)11(17)15(12)7-10(13)16/h3-6H,2,7H2,1H3,(H2,13,16). The van der Waals surface area contributed by atoms with Crippen LogP contribution in [-0.4, -0.2) is 22.1 Å². The van der Waals surface area contributed by atoms with Crippen LogP contribution < -0.4 is 16.0 Å². The number of nitrogens with two attached hydrogens (primary N) is 1. The number of ether oxygens (including phenoxy) is 1. The van der Waals surface area contributed by atoms with Crippen molar-refractivity contribution in [3.63, 3.8) is 0 Å². The van der Waals surface area contributed by atoms with E-state index in [1.807, 2.05) is 0 Å². The first-order valence-corrected chi connectivity index (χ1v) is 5.54. The molecule has 0 fully saturated rings. The molecule has 0 bridgehead atoms. The molecule has 0 aliphatic carbocycles. The lowest BCUT2D eigenvalue weighted by atomic mass is 10.2. The number of hydrogen-bond donors (Lipinski definition) is 1. The van der Waals surface area contributed by atoms with Crippen molar-refractivity contribution < 1.29 is 9.53 Å². The third-order valence-electron chi connectivity index (χ3n) is 2.41. The summed E-state index contributed by atoms with van der Waals surface area (Å²) in [5.41, 5.74) is 5.32. The van der Waals surface area contributed by atoms with Gasteiger partial charge >= 0.3 is 0 Å². The molecule has 0 atom stereocenters. The van der Waals surface area contributed by atoms with Crippen LogP contribution in [0.25, 0.3) is 10.9 Å². The van der Waals surface area contributed by atoms with Crippen LogP contribution in [0, 0.1) is 0 Å². The quantitative estimate of drug-likeness (QED) is 0.840. The minimum absolute atomic E-state index is 0.111. The van der Waals surface area contributed by atoms with Crippen LogP contribution in [0.5, 0.6) is 6.01 Å². The van der Waals surface area contributed by atoms with Gasteiger partial charge in [0.2, 0.25) is 5.91 Å². The molecule has 0 saturated heterocycles. The largest absolute Gasteiger partial charge is 0.465 e. The fraction of sp³-hybridized carbons (Fsp3) is 0.250. The summed E-state index contributed by atoms with van der Waals surface area (Å²) < 4.78 is 6.42. The maximum absolute atomic E-state index is 12.2. The molecule has 94 valence electrons. The third-order valence-corrected chi connectivity index (χ3v) is 2.41. The Balaban J connectivity index is 2.71. The Morgan fingerprint density at radius 2 is 2.17 bits per heavy atom. The van der Waals surface area contributed by atoms with Gasteiger partial charge < -0.3 is 10.5 Å². The average molecular weight is 247 g/mol. The zero-order valence-corrected chi connectivity index (χ0v) is 9.92. The minimum atomic E-state index is -0.616. The zero-order chi connectivity index (χ0) is 13.1. The fourth-order valence-electron chi connectivity index (χ4n) is 1.68. The summed E-state index contributed by atoms with van der Waals surface area (Å²) >= 11 is 0. The Kier molecular flexibility index (Phi) is 3.27. The molecule has 0 spiro atoms. The molecular formula is C12H13N3O3. The van der Waals surface area contributed by atoms with Gasteiger partial charge in [-0.1, -0.05) is 12.1 Å². The van der Waals surface area contributed by atoms with Crippen LogP contribution >= 0.6 is 0 Å². The van der Waals surface area contributed by atoms with Gasteiger partial charge in [0.15, 0.2) is 0 Å². The van der Waals surface area contributed by atoms with Crippen LogP contribution in [0.2, 0.25) is 0 Å². The van der Waals surface area contributed by atoms with Gasteiger partial charge in [0, 0.05) is 0 Å². The maximum atomic E-state index is 12.2. The van der Waals surface area contributed by atoms with Gasteiger partial charge in [-0.3, -0.25) is 14.2 Å². The molecule has 0 unspecified atom stereocenters. The Bertz CT molecular complexity index is 649. The van der Waals surface area contributed by atoms with Crippen molar-refractivity contribution >= 4 is 16.8 Å². The van der Waals surface area contributed by atoms with Gasteiger partial charge in [0.1, 0.15) is 6.54 Å². The van der Waals surface area contributed by atoms with Crippen LogP contribution in [0.4, 0.5) is 0 Å². The summed E-state index contributed by atoms with van der Waals surface area (Å²) in [6.07, 6.45) is 0. The maximum Gasteiger partial charge on any atom is 0.300 e. The van der Waals surface area contributed by atoms with E-state index >= 15 is 0 Å². The van der Waals surface area contributed by atoms with Gasteiger partial charge in [0.05, 0.1) is 17.5 Å². The van der Waals surface area contributed by atoms with Gasteiger partial charge in [-0.05, 0) is 19.1 Å². The highest BCUT2D eigenvalue weighted by Crippen LogP contribution is 2.12. The van der Waals surface area contributed by atoms with E-state index in [1.54, 1.807) is 31.2 Å². The number of carbonyl (C=O) groups excluding carboxylic acids is 1. The fourth-order valence-corrected chi connectivity index (χ4v) is 1.68. The first-order valence-electron chi connectivity index (χ1n) is 5.54. The summed E-state index contributed by atoms with van der Waals surface area (Å²) in [6, 6.07) is 7.00. The lowest BCUT2D eigenvalue weighted by Crippen LogP contribution is -2.30. The molecule has 18 heavy (non-hydrogen) atoms. The number of benzene rings is 1. The first kappa shape index (κ1) is 12.1. The normalized spacial score (nSPS) is 10.5. The second-order valence-electron chi connectivity index (χ2n) is 3.70. The van der Waals surface area contributed by atoms with Crippen LogP contribution in [0.15, 0.2) is 29.1 Å². The Labute approximate surface area is 103 Å². The predicted molar refractivity (Wildman–Crippen MR) is 66.4 cm³/mol. The summed E-state index contributed by atoms with van der Waals surface area (Å²) in [6.45, 7) is 1.88. The minimum Gasteiger partial charge on any atom is -0.465 e. The van der Waals surface area contributed by atoms with Crippen LogP contribution in [-0.2, 0) is 11.3 Å². The number of nitrogens with zero attached hydrogens (tertiary/aromatic N) is 2. The monoisotopic (exact) mass is 247 g/mol. The highest BCUT2D eigenvalue weighted by atomic mass is 16.5. The summed E-state index contributed by atoms with van der Waals surface area (Å²) in [5.74, 6) is -0.616. The van der Waals surface area contributed by atoms with Crippen molar-refractivity contribution in [3.05, 3.63) is 34.6 Å². The van der Waals surface area contributed by atoms with Gasteiger partial charge in [-0.15, -0.1) is 0 Å². The van der Waals surface area contributed by atoms with Gasteiger partial charge in [-0.2, -0.15) is 4.98 Å². The van der Waals surface area contributed by atoms with Crippen molar-refractivity contribution in [1.29, 1.82) is 0 Å². The van der Waals surface area contributed by atoms with Crippen LogP contribution in [0.3, 0.4) is 0 Å². The Morgan fingerprint density at radius 3 is 2.83 bits per heavy atom. The third kappa shape index (κ3) is 2.17. The molecule has 0 aliphatic rings. The SMILES string of the molecule is CCOc1nc2ccccc2c(=O)n1CC(N)=O. The summed E-state index contributed by atoms with van der Waals surface area (Å²) in [4.78, 5) is 27.4. The van der Waals surface area contributed by atoms with Crippen LogP contribution in [0.1, 0.15) is 6.92 Å². The molecule has 0 saturated carbocycles. The molecule has 2 N–H and O–H groups in total. The van der Waals surface area contributed by atoms with Gasteiger partial charge in [-0.25, -0.2) is 0 Å². The Hall–Kier alpha value is -2.37. The smallest absolute Gasteiger partial charge is 0.300 e. The van der Waals surface area contributed by atoms with Crippen molar-refractivity contribution in [1.82, 2.24) is 9.55 Å². The lowest BCUT2D eigenvalue weighted by Gasteiger charge is -2.11. The highest BCUT2D eigenvalue weighted by molar-refractivity contribution is 5.79. The summed E-state index contributed by atoms with van der Waals surface area (Å²) in [7, 11) is 0. The van der Waals surface area contributed by atoms with E-state index < -0.39 is 5.91 Å². The van der Waals surface area contributed by atoms with E-state index in [0.717, 1.165) is 4.57 Å². The topological polar surface area (TPSA) is 87.2 Å². The van der Waals surface area contributed by atoms with E-state index in [4.69, 9.17) is 10.5 Å². The predicted octanol–water partition coefficient (Wildman–Crippen LogP) is 0.280. The van der Waals surface area contributed by atoms with E-state index in [1.165, 1.54) is 0 Å². The van der Waals surface area contributed by atoms with Crippen molar-refractivity contribution in [2.24, 2.45) is 5.73 Å².